The maximum atomic E-state index is 12.0. The zero-order chi connectivity index (χ0) is 19.3. The highest BCUT2D eigenvalue weighted by Crippen LogP contribution is 2.17. The zero-order valence-electron chi connectivity index (χ0n) is 15.8. The molecule has 0 aliphatic carbocycles. The number of hydrogen-bond donors (Lipinski definition) is 2. The molecule has 1 atom stereocenters. The first kappa shape index (κ1) is 18.3. The highest BCUT2D eigenvalue weighted by Gasteiger charge is 2.16. The van der Waals surface area contributed by atoms with Crippen molar-refractivity contribution in [3.63, 3.8) is 0 Å². The first-order valence-corrected chi connectivity index (χ1v) is 9.46. The average Bonchev–Trinajstić information content (AvgIpc) is 3.36. The molecule has 0 spiro atoms. The third-order valence-corrected chi connectivity index (χ3v) is 4.57. The third-order valence-electron chi connectivity index (χ3n) is 4.57. The zero-order valence-corrected chi connectivity index (χ0v) is 15.8. The van der Waals surface area contributed by atoms with E-state index >= 15 is 0 Å². The van der Waals surface area contributed by atoms with Gasteiger partial charge < -0.3 is 15.4 Å². The van der Waals surface area contributed by atoms with Crippen molar-refractivity contribution in [3.8, 4) is 11.4 Å². The molecule has 1 amide bonds. The summed E-state index contributed by atoms with van der Waals surface area (Å²) >= 11 is 0. The number of carbonyl (C=O) groups is 1. The van der Waals surface area contributed by atoms with Crippen LogP contribution < -0.4 is 10.6 Å². The highest BCUT2D eigenvalue weighted by molar-refractivity contribution is 5.76. The van der Waals surface area contributed by atoms with Crippen LogP contribution >= 0.6 is 0 Å². The number of nitrogens with one attached hydrogen (secondary N) is 2. The summed E-state index contributed by atoms with van der Waals surface area (Å²) in [5, 5.41) is 10.7. The summed E-state index contributed by atoms with van der Waals surface area (Å²) in [4.78, 5) is 25.1. The summed E-state index contributed by atoms with van der Waals surface area (Å²) in [6.07, 6.45) is 6.02. The molecule has 1 aliphatic heterocycles. The van der Waals surface area contributed by atoms with Crippen LogP contribution in [0.15, 0.2) is 30.6 Å². The van der Waals surface area contributed by atoms with E-state index in [0.717, 1.165) is 36.5 Å². The van der Waals surface area contributed by atoms with E-state index in [4.69, 9.17) is 4.74 Å². The Morgan fingerprint density at radius 2 is 2.32 bits per heavy atom. The van der Waals surface area contributed by atoms with Crippen molar-refractivity contribution in [2.75, 3.05) is 25.0 Å². The molecule has 4 heterocycles. The minimum atomic E-state index is -0.000314. The molecule has 0 bridgehead atoms. The maximum absolute atomic E-state index is 12.0. The van der Waals surface area contributed by atoms with Crippen LogP contribution in [0.5, 0.6) is 0 Å². The smallest absolute Gasteiger partial charge is 0.254 e. The molecule has 1 aliphatic rings. The van der Waals surface area contributed by atoms with Gasteiger partial charge in [0.2, 0.25) is 5.91 Å². The van der Waals surface area contributed by atoms with E-state index in [1.165, 1.54) is 0 Å². The van der Waals surface area contributed by atoms with Crippen LogP contribution in [-0.2, 0) is 9.53 Å². The fourth-order valence-electron chi connectivity index (χ4n) is 3.16. The lowest BCUT2D eigenvalue weighted by Gasteiger charge is -2.11. The first-order valence-electron chi connectivity index (χ1n) is 9.46. The van der Waals surface area contributed by atoms with Gasteiger partial charge in [-0.05, 0) is 31.9 Å². The van der Waals surface area contributed by atoms with Crippen molar-refractivity contribution in [2.24, 2.45) is 0 Å². The van der Waals surface area contributed by atoms with E-state index in [1.807, 2.05) is 25.1 Å². The van der Waals surface area contributed by atoms with Crippen molar-refractivity contribution in [1.29, 1.82) is 0 Å². The third kappa shape index (κ3) is 4.25. The van der Waals surface area contributed by atoms with Gasteiger partial charge in [0.25, 0.3) is 5.78 Å². The fraction of sp³-hybridized carbons (Fsp3) is 0.421. The fourth-order valence-corrected chi connectivity index (χ4v) is 3.16. The van der Waals surface area contributed by atoms with Gasteiger partial charge in [-0.25, -0.2) is 4.98 Å². The molecule has 3 aromatic heterocycles. The Kier molecular flexibility index (Phi) is 5.43. The second kappa shape index (κ2) is 8.30. The maximum Gasteiger partial charge on any atom is 0.254 e. The van der Waals surface area contributed by atoms with E-state index < -0.39 is 0 Å². The van der Waals surface area contributed by atoms with Crippen molar-refractivity contribution < 1.29 is 9.53 Å². The molecule has 28 heavy (non-hydrogen) atoms. The first-order chi connectivity index (χ1) is 13.7. The summed E-state index contributed by atoms with van der Waals surface area (Å²) in [5.41, 5.74) is 1.65. The quantitative estimate of drug-likeness (QED) is 0.640. The molecule has 146 valence electrons. The molecule has 0 radical (unpaired) electrons. The molecule has 1 saturated heterocycles. The van der Waals surface area contributed by atoms with E-state index in [9.17, 15) is 4.79 Å². The lowest BCUT2D eigenvalue weighted by molar-refractivity contribution is -0.121. The number of anilines is 1. The Morgan fingerprint density at radius 1 is 1.39 bits per heavy atom. The molecule has 2 N–H and O–H groups in total. The lowest BCUT2D eigenvalue weighted by Crippen LogP contribution is -2.32. The summed E-state index contributed by atoms with van der Waals surface area (Å²) in [6.45, 7) is 3.75. The number of aryl methyl sites for hydroxylation is 1. The Morgan fingerprint density at radius 3 is 3.11 bits per heavy atom. The van der Waals surface area contributed by atoms with E-state index in [0.29, 0.717) is 31.1 Å². The number of carbonyl (C=O) groups excluding carboxylic acids is 1. The Hall–Kier alpha value is -3.07. The van der Waals surface area contributed by atoms with Crippen LogP contribution in [0.2, 0.25) is 0 Å². The van der Waals surface area contributed by atoms with E-state index in [1.54, 1.807) is 16.9 Å². The minimum Gasteiger partial charge on any atom is -0.376 e. The summed E-state index contributed by atoms with van der Waals surface area (Å²) in [5.74, 6) is 1.81. The normalized spacial score (nSPS) is 16.4. The number of hydrogen-bond acceptors (Lipinski definition) is 7. The summed E-state index contributed by atoms with van der Waals surface area (Å²) in [7, 11) is 0. The SMILES string of the molecule is Cc1cc(NCCC(=O)NC[C@@H]2CCCO2)n2nc(-c3cccnc3)nc2n1. The van der Waals surface area contributed by atoms with E-state index in [-0.39, 0.29) is 12.0 Å². The van der Waals surface area contributed by atoms with Gasteiger partial charge in [-0.15, -0.1) is 5.10 Å². The molecule has 9 nitrogen and oxygen atoms in total. The second-order valence-corrected chi connectivity index (χ2v) is 6.79. The average molecular weight is 381 g/mol. The molecule has 9 heteroatoms. The van der Waals surface area contributed by atoms with Crippen LogP contribution in [0.3, 0.4) is 0 Å². The standard InChI is InChI=1S/C19H23N7O2/c1-13-10-16(21-8-6-17(27)22-12-15-5-3-9-28-15)26-19(23-13)24-18(25-26)14-4-2-7-20-11-14/h2,4,7,10-11,15,21H,3,5-6,8-9,12H2,1H3,(H,22,27)/t15-/m0/s1. The van der Waals surface area contributed by atoms with Crippen molar-refractivity contribution >= 4 is 17.5 Å². The lowest BCUT2D eigenvalue weighted by atomic mass is 10.2. The van der Waals surface area contributed by atoms with Gasteiger partial charge in [0.05, 0.1) is 6.10 Å². The van der Waals surface area contributed by atoms with Crippen molar-refractivity contribution in [1.82, 2.24) is 29.9 Å². The van der Waals surface area contributed by atoms with Crippen LogP contribution in [0, 0.1) is 6.92 Å². The van der Waals surface area contributed by atoms with Crippen molar-refractivity contribution in [3.05, 3.63) is 36.3 Å². The van der Waals surface area contributed by atoms with Crippen LogP contribution in [0.1, 0.15) is 25.0 Å². The molecule has 4 rings (SSSR count). The predicted molar refractivity (Wildman–Crippen MR) is 104 cm³/mol. The van der Waals surface area contributed by atoms with Gasteiger partial charge in [-0.2, -0.15) is 9.50 Å². The van der Waals surface area contributed by atoms with Crippen LogP contribution in [0.4, 0.5) is 5.82 Å². The number of pyridine rings is 1. The molecular weight excluding hydrogens is 358 g/mol. The minimum absolute atomic E-state index is 0.000314. The van der Waals surface area contributed by atoms with Gasteiger partial charge in [0.1, 0.15) is 5.82 Å². The van der Waals surface area contributed by atoms with Gasteiger partial charge >= 0.3 is 0 Å². The van der Waals surface area contributed by atoms with Gasteiger partial charge in [-0.1, -0.05) is 0 Å². The Balaban J connectivity index is 1.40. The number of amides is 1. The molecule has 3 aromatic rings. The number of aromatic nitrogens is 5. The largest absolute Gasteiger partial charge is 0.376 e. The number of fused-ring (bicyclic) bond motifs is 1. The Bertz CT molecular complexity index is 952. The highest BCUT2D eigenvalue weighted by atomic mass is 16.5. The van der Waals surface area contributed by atoms with Gasteiger partial charge in [0.15, 0.2) is 5.82 Å². The summed E-state index contributed by atoms with van der Waals surface area (Å²) < 4.78 is 7.17. The molecule has 1 fully saturated rings. The van der Waals surface area contributed by atoms with Crippen LogP contribution in [0.25, 0.3) is 17.2 Å². The monoisotopic (exact) mass is 381 g/mol. The number of rotatable bonds is 7. The van der Waals surface area contributed by atoms with Gasteiger partial charge in [0, 0.05) is 55.8 Å². The van der Waals surface area contributed by atoms with Gasteiger partial charge in [-0.3, -0.25) is 9.78 Å². The molecular formula is C19H23N7O2. The topological polar surface area (TPSA) is 106 Å². The second-order valence-electron chi connectivity index (χ2n) is 6.79. The van der Waals surface area contributed by atoms with Crippen molar-refractivity contribution in [2.45, 2.75) is 32.3 Å². The Labute approximate surface area is 162 Å². The molecule has 0 unspecified atom stereocenters. The van der Waals surface area contributed by atoms with Crippen LogP contribution in [-0.4, -0.2) is 56.3 Å². The predicted octanol–water partition coefficient (Wildman–Crippen LogP) is 1.59. The van der Waals surface area contributed by atoms with E-state index in [2.05, 4.69) is 30.7 Å². The number of ether oxygens (including phenoxy) is 1. The molecule has 0 aromatic carbocycles. The summed E-state index contributed by atoms with van der Waals surface area (Å²) in [6, 6.07) is 5.63. The number of nitrogens with zero attached hydrogens (tertiary/aromatic N) is 5. The molecule has 0 saturated carbocycles.